The van der Waals surface area contributed by atoms with E-state index in [2.05, 4.69) is 57.6 Å². The van der Waals surface area contributed by atoms with E-state index in [4.69, 9.17) is 4.74 Å². The molecule has 0 aromatic heterocycles. The van der Waals surface area contributed by atoms with Crippen LogP contribution in [0.15, 0.2) is 53.0 Å². The fraction of sp³-hybridized carbons (Fsp3) is 0.250. The van der Waals surface area contributed by atoms with E-state index in [1.165, 1.54) is 16.7 Å². The Morgan fingerprint density at radius 2 is 1.63 bits per heavy atom. The summed E-state index contributed by atoms with van der Waals surface area (Å²) in [7, 11) is 1.96. The number of rotatable bonds is 6. The molecule has 2 aromatic rings. The molecule has 0 amide bonds. The predicted molar refractivity (Wildman–Crippen MR) is 81.8 cm³/mol. The standard InChI is InChI=1S/C16H18BrNO/c1-18-10-14-4-2-3-5-15(14)12-19-11-13-6-8-16(17)9-7-13/h2-9,18H,10-12H2,1H3. The highest BCUT2D eigenvalue weighted by atomic mass is 79.9. The molecular weight excluding hydrogens is 302 g/mol. The number of nitrogens with one attached hydrogen (secondary N) is 1. The third-order valence-corrected chi connectivity index (χ3v) is 3.45. The van der Waals surface area contributed by atoms with Crippen LogP contribution in [0.25, 0.3) is 0 Å². The summed E-state index contributed by atoms with van der Waals surface area (Å²) in [5.74, 6) is 0. The Bertz CT molecular complexity index is 510. The lowest BCUT2D eigenvalue weighted by atomic mass is 10.1. The van der Waals surface area contributed by atoms with Crippen molar-refractivity contribution >= 4 is 15.9 Å². The van der Waals surface area contributed by atoms with Crippen LogP contribution in [0, 0.1) is 0 Å². The summed E-state index contributed by atoms with van der Waals surface area (Å²) in [5.41, 5.74) is 3.73. The van der Waals surface area contributed by atoms with E-state index in [1.807, 2.05) is 19.2 Å². The van der Waals surface area contributed by atoms with Crippen LogP contribution in [0.5, 0.6) is 0 Å². The van der Waals surface area contributed by atoms with Crippen molar-refractivity contribution in [2.45, 2.75) is 19.8 Å². The van der Waals surface area contributed by atoms with Crippen molar-refractivity contribution in [2.24, 2.45) is 0 Å². The minimum atomic E-state index is 0.640. The van der Waals surface area contributed by atoms with Crippen LogP contribution in [0.4, 0.5) is 0 Å². The van der Waals surface area contributed by atoms with Gasteiger partial charge in [-0.15, -0.1) is 0 Å². The van der Waals surface area contributed by atoms with E-state index in [9.17, 15) is 0 Å². The zero-order chi connectivity index (χ0) is 13.5. The van der Waals surface area contributed by atoms with Gasteiger partial charge in [0.15, 0.2) is 0 Å². The van der Waals surface area contributed by atoms with Gasteiger partial charge in [0, 0.05) is 11.0 Å². The molecule has 0 spiro atoms. The maximum Gasteiger partial charge on any atom is 0.0724 e. The summed E-state index contributed by atoms with van der Waals surface area (Å²) >= 11 is 3.43. The zero-order valence-electron chi connectivity index (χ0n) is 11.0. The van der Waals surface area contributed by atoms with Gasteiger partial charge >= 0.3 is 0 Å². The van der Waals surface area contributed by atoms with Gasteiger partial charge in [-0.1, -0.05) is 52.3 Å². The van der Waals surface area contributed by atoms with Crippen molar-refractivity contribution in [2.75, 3.05) is 7.05 Å². The van der Waals surface area contributed by atoms with E-state index in [-0.39, 0.29) is 0 Å². The van der Waals surface area contributed by atoms with Gasteiger partial charge < -0.3 is 10.1 Å². The summed E-state index contributed by atoms with van der Waals surface area (Å²) in [4.78, 5) is 0. The van der Waals surface area contributed by atoms with Crippen molar-refractivity contribution in [3.05, 3.63) is 69.7 Å². The summed E-state index contributed by atoms with van der Waals surface area (Å²) in [6.07, 6.45) is 0. The molecule has 100 valence electrons. The molecule has 0 radical (unpaired) electrons. The van der Waals surface area contributed by atoms with Gasteiger partial charge in [0.2, 0.25) is 0 Å². The molecule has 0 aliphatic carbocycles. The van der Waals surface area contributed by atoms with Gasteiger partial charge in [-0.3, -0.25) is 0 Å². The molecule has 2 rings (SSSR count). The van der Waals surface area contributed by atoms with Crippen molar-refractivity contribution in [1.29, 1.82) is 0 Å². The Kier molecular flexibility index (Phi) is 5.58. The van der Waals surface area contributed by atoms with Crippen LogP contribution < -0.4 is 5.32 Å². The molecule has 0 atom stereocenters. The molecule has 0 saturated heterocycles. The van der Waals surface area contributed by atoms with Gasteiger partial charge in [0.25, 0.3) is 0 Å². The maximum atomic E-state index is 5.79. The molecule has 2 aromatic carbocycles. The second-order valence-corrected chi connectivity index (χ2v) is 5.33. The fourth-order valence-corrected chi connectivity index (χ4v) is 2.19. The first-order valence-corrected chi connectivity index (χ1v) is 7.12. The molecule has 2 nitrogen and oxygen atoms in total. The van der Waals surface area contributed by atoms with Crippen molar-refractivity contribution in [3.63, 3.8) is 0 Å². The first-order chi connectivity index (χ1) is 9.29. The number of halogens is 1. The number of hydrogen-bond acceptors (Lipinski definition) is 2. The molecule has 0 unspecified atom stereocenters. The van der Waals surface area contributed by atoms with Crippen LogP contribution in [-0.4, -0.2) is 7.05 Å². The van der Waals surface area contributed by atoms with Crippen LogP contribution in [0.1, 0.15) is 16.7 Å². The van der Waals surface area contributed by atoms with Gasteiger partial charge in [-0.05, 0) is 35.9 Å². The molecule has 0 fully saturated rings. The molecule has 0 aliphatic rings. The van der Waals surface area contributed by atoms with E-state index in [0.717, 1.165) is 11.0 Å². The third kappa shape index (κ3) is 4.46. The molecule has 0 heterocycles. The first-order valence-electron chi connectivity index (χ1n) is 6.33. The Morgan fingerprint density at radius 3 is 2.32 bits per heavy atom. The van der Waals surface area contributed by atoms with E-state index < -0.39 is 0 Å². The summed E-state index contributed by atoms with van der Waals surface area (Å²) in [5, 5.41) is 3.18. The highest BCUT2D eigenvalue weighted by Crippen LogP contribution is 2.13. The Morgan fingerprint density at radius 1 is 0.947 bits per heavy atom. The number of ether oxygens (including phenoxy) is 1. The molecular formula is C16H18BrNO. The quantitative estimate of drug-likeness (QED) is 0.872. The van der Waals surface area contributed by atoms with Crippen LogP contribution in [0.2, 0.25) is 0 Å². The van der Waals surface area contributed by atoms with E-state index >= 15 is 0 Å². The highest BCUT2D eigenvalue weighted by molar-refractivity contribution is 9.10. The topological polar surface area (TPSA) is 21.3 Å². The minimum absolute atomic E-state index is 0.640. The minimum Gasteiger partial charge on any atom is -0.372 e. The average Bonchev–Trinajstić information content (AvgIpc) is 2.43. The smallest absolute Gasteiger partial charge is 0.0724 e. The second-order valence-electron chi connectivity index (χ2n) is 4.42. The second kappa shape index (κ2) is 7.43. The molecule has 0 saturated carbocycles. The zero-order valence-corrected chi connectivity index (χ0v) is 12.6. The Labute approximate surface area is 122 Å². The van der Waals surface area contributed by atoms with Gasteiger partial charge in [-0.25, -0.2) is 0 Å². The molecule has 1 N–H and O–H groups in total. The lowest BCUT2D eigenvalue weighted by Gasteiger charge is -2.10. The van der Waals surface area contributed by atoms with Crippen LogP contribution >= 0.6 is 15.9 Å². The fourth-order valence-electron chi connectivity index (χ4n) is 1.92. The van der Waals surface area contributed by atoms with E-state index in [1.54, 1.807) is 0 Å². The van der Waals surface area contributed by atoms with Gasteiger partial charge in [0.1, 0.15) is 0 Å². The SMILES string of the molecule is CNCc1ccccc1COCc1ccc(Br)cc1. The van der Waals surface area contributed by atoms with Crippen LogP contribution in [-0.2, 0) is 24.5 Å². The largest absolute Gasteiger partial charge is 0.372 e. The normalized spacial score (nSPS) is 10.6. The summed E-state index contributed by atoms with van der Waals surface area (Å²) in [6, 6.07) is 16.6. The van der Waals surface area contributed by atoms with Gasteiger partial charge in [-0.2, -0.15) is 0 Å². The summed E-state index contributed by atoms with van der Waals surface area (Å²) in [6.45, 7) is 2.16. The number of hydrogen-bond donors (Lipinski definition) is 1. The average molecular weight is 320 g/mol. The maximum absolute atomic E-state index is 5.79. The third-order valence-electron chi connectivity index (χ3n) is 2.93. The monoisotopic (exact) mass is 319 g/mol. The first kappa shape index (κ1) is 14.3. The van der Waals surface area contributed by atoms with Crippen molar-refractivity contribution in [3.8, 4) is 0 Å². The Balaban J connectivity index is 1.90. The molecule has 0 aliphatic heterocycles. The van der Waals surface area contributed by atoms with Crippen LogP contribution in [0.3, 0.4) is 0 Å². The van der Waals surface area contributed by atoms with E-state index in [0.29, 0.717) is 13.2 Å². The lowest BCUT2D eigenvalue weighted by molar-refractivity contribution is 0.106. The lowest BCUT2D eigenvalue weighted by Crippen LogP contribution is -2.08. The molecule has 0 bridgehead atoms. The Hall–Kier alpha value is -1.16. The number of benzene rings is 2. The van der Waals surface area contributed by atoms with Gasteiger partial charge in [0.05, 0.1) is 13.2 Å². The molecule has 3 heteroatoms. The molecule has 19 heavy (non-hydrogen) atoms. The van der Waals surface area contributed by atoms with Crippen molar-refractivity contribution < 1.29 is 4.74 Å². The summed E-state index contributed by atoms with van der Waals surface area (Å²) < 4.78 is 6.88. The van der Waals surface area contributed by atoms with Crippen molar-refractivity contribution in [1.82, 2.24) is 5.32 Å². The predicted octanol–water partition coefficient (Wildman–Crippen LogP) is 3.89. The highest BCUT2D eigenvalue weighted by Gasteiger charge is 2.01.